The smallest absolute Gasteiger partial charge is 0.222 e. The monoisotopic (exact) mass is 233 g/mol. The van der Waals surface area contributed by atoms with Crippen molar-refractivity contribution >= 4 is 5.95 Å². The second kappa shape index (κ2) is 5.99. The summed E-state index contributed by atoms with van der Waals surface area (Å²) in [4.78, 5) is 8.50. The molecular weight excluding hydrogens is 210 g/mol. The molecule has 3 heteroatoms. The summed E-state index contributed by atoms with van der Waals surface area (Å²) in [7, 11) is 0. The molecule has 0 aromatic carbocycles. The summed E-state index contributed by atoms with van der Waals surface area (Å²) in [5.74, 6) is 2.61. The molecule has 0 amide bonds. The fraction of sp³-hybridized carbons (Fsp3) is 0.714. The molecule has 17 heavy (non-hydrogen) atoms. The topological polar surface area (TPSA) is 37.8 Å². The van der Waals surface area contributed by atoms with Crippen molar-refractivity contribution < 1.29 is 0 Å². The molecule has 2 rings (SSSR count). The van der Waals surface area contributed by atoms with Crippen LogP contribution < -0.4 is 5.32 Å². The minimum absolute atomic E-state index is 0.764. The van der Waals surface area contributed by atoms with Gasteiger partial charge in [-0.1, -0.05) is 32.6 Å². The molecule has 1 fully saturated rings. The highest BCUT2D eigenvalue weighted by atomic mass is 15.1. The standard InChI is InChI=1S/C14H23N3/c1-11-3-5-13(6-4-11)7-8-15-14-16-9-12(2)10-17-14/h9-11,13H,3-8H2,1-2H3,(H,15,16,17). The van der Waals surface area contributed by atoms with Gasteiger partial charge in [-0.3, -0.25) is 0 Å². The van der Waals surface area contributed by atoms with Gasteiger partial charge >= 0.3 is 0 Å². The Balaban J connectivity index is 1.67. The van der Waals surface area contributed by atoms with E-state index in [-0.39, 0.29) is 0 Å². The van der Waals surface area contributed by atoms with Crippen molar-refractivity contribution in [2.75, 3.05) is 11.9 Å². The summed E-state index contributed by atoms with van der Waals surface area (Å²) in [6, 6.07) is 0. The maximum Gasteiger partial charge on any atom is 0.222 e. The van der Waals surface area contributed by atoms with E-state index in [1.54, 1.807) is 0 Å². The van der Waals surface area contributed by atoms with E-state index >= 15 is 0 Å². The summed E-state index contributed by atoms with van der Waals surface area (Å²) in [5, 5.41) is 3.31. The summed E-state index contributed by atoms with van der Waals surface area (Å²) < 4.78 is 0. The molecule has 0 atom stereocenters. The van der Waals surface area contributed by atoms with Crippen molar-refractivity contribution in [3.05, 3.63) is 18.0 Å². The number of aromatic nitrogens is 2. The molecule has 1 aliphatic carbocycles. The third-order valence-electron chi connectivity index (χ3n) is 3.75. The van der Waals surface area contributed by atoms with Crippen LogP contribution in [0.2, 0.25) is 0 Å². The van der Waals surface area contributed by atoms with E-state index in [0.29, 0.717) is 0 Å². The van der Waals surface area contributed by atoms with Crippen LogP contribution in [0.5, 0.6) is 0 Å². The molecule has 0 bridgehead atoms. The Morgan fingerprint density at radius 1 is 1.18 bits per heavy atom. The SMILES string of the molecule is Cc1cnc(NCCC2CCC(C)CC2)nc1. The molecule has 1 saturated carbocycles. The molecular formula is C14H23N3. The molecule has 0 unspecified atom stereocenters. The molecule has 0 aliphatic heterocycles. The van der Waals surface area contributed by atoms with E-state index in [9.17, 15) is 0 Å². The van der Waals surface area contributed by atoms with E-state index in [1.807, 2.05) is 19.3 Å². The van der Waals surface area contributed by atoms with Gasteiger partial charge in [-0.25, -0.2) is 9.97 Å². The first-order valence-corrected chi connectivity index (χ1v) is 6.76. The lowest BCUT2D eigenvalue weighted by molar-refractivity contribution is 0.282. The highest BCUT2D eigenvalue weighted by Gasteiger charge is 2.17. The Hall–Kier alpha value is -1.12. The highest BCUT2D eigenvalue weighted by molar-refractivity contribution is 5.23. The van der Waals surface area contributed by atoms with E-state index in [2.05, 4.69) is 22.2 Å². The lowest BCUT2D eigenvalue weighted by atomic mass is 9.81. The molecule has 1 aromatic heterocycles. The first-order valence-electron chi connectivity index (χ1n) is 6.76. The van der Waals surface area contributed by atoms with Crippen LogP contribution in [0.3, 0.4) is 0 Å². The molecule has 1 aromatic rings. The van der Waals surface area contributed by atoms with Crippen LogP contribution in [0.25, 0.3) is 0 Å². The van der Waals surface area contributed by atoms with Crippen LogP contribution in [0.1, 0.15) is 44.6 Å². The Labute approximate surface area is 104 Å². The Morgan fingerprint density at radius 2 is 1.82 bits per heavy atom. The Morgan fingerprint density at radius 3 is 2.47 bits per heavy atom. The number of rotatable bonds is 4. The van der Waals surface area contributed by atoms with Crippen LogP contribution in [0.15, 0.2) is 12.4 Å². The number of aryl methyl sites for hydroxylation is 1. The average molecular weight is 233 g/mol. The predicted octanol–water partition coefficient (Wildman–Crippen LogP) is 3.41. The molecule has 0 saturated heterocycles. The van der Waals surface area contributed by atoms with Crippen LogP contribution in [-0.2, 0) is 0 Å². The number of hydrogen-bond donors (Lipinski definition) is 1. The molecule has 1 N–H and O–H groups in total. The Kier molecular flexibility index (Phi) is 4.35. The molecule has 0 spiro atoms. The maximum absolute atomic E-state index is 4.25. The number of nitrogens with one attached hydrogen (secondary N) is 1. The van der Waals surface area contributed by atoms with Gasteiger partial charge in [0, 0.05) is 18.9 Å². The lowest BCUT2D eigenvalue weighted by Crippen LogP contribution is -2.16. The molecule has 1 aliphatic rings. The highest BCUT2D eigenvalue weighted by Crippen LogP contribution is 2.30. The first kappa shape index (κ1) is 12.3. The fourth-order valence-electron chi connectivity index (χ4n) is 2.49. The summed E-state index contributed by atoms with van der Waals surface area (Å²) in [5.41, 5.74) is 1.11. The summed E-state index contributed by atoms with van der Waals surface area (Å²) in [6.07, 6.45) is 10.6. The minimum atomic E-state index is 0.764. The molecule has 1 heterocycles. The van der Waals surface area contributed by atoms with E-state index in [1.165, 1.54) is 32.1 Å². The number of hydrogen-bond acceptors (Lipinski definition) is 3. The number of anilines is 1. The molecule has 0 radical (unpaired) electrons. The fourth-order valence-corrected chi connectivity index (χ4v) is 2.49. The third-order valence-corrected chi connectivity index (χ3v) is 3.75. The van der Waals surface area contributed by atoms with E-state index in [4.69, 9.17) is 0 Å². The van der Waals surface area contributed by atoms with Crippen LogP contribution in [-0.4, -0.2) is 16.5 Å². The zero-order valence-corrected chi connectivity index (χ0v) is 10.9. The van der Waals surface area contributed by atoms with Crippen LogP contribution >= 0.6 is 0 Å². The van der Waals surface area contributed by atoms with Gasteiger partial charge in [0.1, 0.15) is 0 Å². The van der Waals surface area contributed by atoms with E-state index < -0.39 is 0 Å². The number of nitrogens with zero attached hydrogens (tertiary/aromatic N) is 2. The van der Waals surface area contributed by atoms with Gasteiger partial charge < -0.3 is 5.32 Å². The predicted molar refractivity (Wildman–Crippen MR) is 71.0 cm³/mol. The van der Waals surface area contributed by atoms with Crippen molar-refractivity contribution in [1.29, 1.82) is 0 Å². The Bertz CT molecular complexity index is 326. The zero-order valence-electron chi connectivity index (χ0n) is 10.9. The van der Waals surface area contributed by atoms with Gasteiger partial charge in [0.15, 0.2) is 0 Å². The zero-order chi connectivity index (χ0) is 12.1. The van der Waals surface area contributed by atoms with Crippen molar-refractivity contribution in [2.24, 2.45) is 11.8 Å². The first-order chi connectivity index (χ1) is 8.24. The minimum Gasteiger partial charge on any atom is -0.354 e. The third kappa shape index (κ3) is 3.99. The van der Waals surface area contributed by atoms with Gasteiger partial charge in [-0.15, -0.1) is 0 Å². The van der Waals surface area contributed by atoms with Gasteiger partial charge in [0.05, 0.1) is 0 Å². The normalized spacial score (nSPS) is 24.6. The van der Waals surface area contributed by atoms with E-state index in [0.717, 1.165) is 29.9 Å². The largest absolute Gasteiger partial charge is 0.354 e. The summed E-state index contributed by atoms with van der Waals surface area (Å²) >= 11 is 0. The quantitative estimate of drug-likeness (QED) is 0.866. The van der Waals surface area contributed by atoms with Gasteiger partial charge in [-0.2, -0.15) is 0 Å². The summed E-state index contributed by atoms with van der Waals surface area (Å²) in [6.45, 7) is 5.38. The van der Waals surface area contributed by atoms with Crippen molar-refractivity contribution in [3.63, 3.8) is 0 Å². The van der Waals surface area contributed by atoms with Gasteiger partial charge in [0.2, 0.25) is 5.95 Å². The maximum atomic E-state index is 4.25. The lowest BCUT2D eigenvalue weighted by Gasteiger charge is -2.26. The van der Waals surface area contributed by atoms with Crippen molar-refractivity contribution in [3.8, 4) is 0 Å². The molecule has 3 nitrogen and oxygen atoms in total. The average Bonchev–Trinajstić information content (AvgIpc) is 2.34. The van der Waals surface area contributed by atoms with Crippen LogP contribution in [0.4, 0.5) is 5.95 Å². The van der Waals surface area contributed by atoms with Gasteiger partial charge in [0.25, 0.3) is 0 Å². The van der Waals surface area contributed by atoms with Gasteiger partial charge in [-0.05, 0) is 30.7 Å². The van der Waals surface area contributed by atoms with Crippen molar-refractivity contribution in [1.82, 2.24) is 9.97 Å². The van der Waals surface area contributed by atoms with Crippen LogP contribution in [0, 0.1) is 18.8 Å². The van der Waals surface area contributed by atoms with Crippen molar-refractivity contribution in [2.45, 2.75) is 46.0 Å². The second-order valence-electron chi connectivity index (χ2n) is 5.43. The molecule has 94 valence electrons. The second-order valence-corrected chi connectivity index (χ2v) is 5.43.